The van der Waals surface area contributed by atoms with E-state index < -0.39 is 11.9 Å². The second-order valence-corrected chi connectivity index (χ2v) is 9.93. The standard InChI is InChI=1S/C29H17Cl4N3O3/c30-17-13-22(33)26-23(14-17)35-27(25(26)18-8-2-4-10-20(18)31)28(37)36-34-15-16-7-1-6-12-24(16)39-29(38)19-9-3-5-11-21(19)32/h1-15,35H,(H,36,37). The van der Waals surface area contributed by atoms with E-state index in [0.29, 0.717) is 42.7 Å². The maximum atomic E-state index is 13.3. The summed E-state index contributed by atoms with van der Waals surface area (Å²) in [5.74, 6) is -0.928. The molecule has 10 heteroatoms. The number of H-pyrrole nitrogens is 1. The maximum absolute atomic E-state index is 13.3. The highest BCUT2D eigenvalue weighted by Crippen LogP contribution is 2.41. The van der Waals surface area contributed by atoms with E-state index in [9.17, 15) is 9.59 Å². The Labute approximate surface area is 243 Å². The number of fused-ring (bicyclic) bond motifs is 1. The molecular formula is C29H17Cl4N3O3. The molecule has 1 aromatic heterocycles. The lowest BCUT2D eigenvalue weighted by atomic mass is 10.0. The third-order valence-electron chi connectivity index (χ3n) is 5.77. The first-order valence-electron chi connectivity index (χ1n) is 11.5. The highest BCUT2D eigenvalue weighted by atomic mass is 35.5. The number of esters is 1. The number of carbonyl (C=O) groups excluding carboxylic acids is 2. The molecule has 5 rings (SSSR count). The summed E-state index contributed by atoms with van der Waals surface area (Å²) < 4.78 is 5.53. The summed E-state index contributed by atoms with van der Waals surface area (Å²) in [4.78, 5) is 29.0. The summed E-state index contributed by atoms with van der Waals surface area (Å²) in [5.41, 5.74) is 5.07. The molecule has 0 saturated heterocycles. The third-order valence-corrected chi connectivity index (χ3v) is 6.95. The summed E-state index contributed by atoms with van der Waals surface area (Å²) in [6.07, 6.45) is 1.37. The minimum Gasteiger partial charge on any atom is -0.422 e. The number of amides is 1. The normalized spacial score (nSPS) is 11.2. The second kappa shape index (κ2) is 11.5. The van der Waals surface area contributed by atoms with Gasteiger partial charge in [0.05, 0.1) is 21.8 Å². The predicted octanol–water partition coefficient (Wildman–Crippen LogP) is 8.43. The average Bonchev–Trinajstić information content (AvgIpc) is 3.29. The number of carbonyl (C=O) groups is 2. The Morgan fingerprint density at radius 3 is 2.28 bits per heavy atom. The van der Waals surface area contributed by atoms with E-state index in [-0.39, 0.29) is 22.0 Å². The van der Waals surface area contributed by atoms with Crippen molar-refractivity contribution in [2.45, 2.75) is 0 Å². The van der Waals surface area contributed by atoms with Gasteiger partial charge >= 0.3 is 5.97 Å². The number of aromatic amines is 1. The topological polar surface area (TPSA) is 83.5 Å². The molecule has 5 aromatic rings. The van der Waals surface area contributed by atoms with Gasteiger partial charge in [0.15, 0.2) is 0 Å². The lowest BCUT2D eigenvalue weighted by Gasteiger charge is -2.09. The number of aromatic nitrogens is 1. The molecular weight excluding hydrogens is 580 g/mol. The van der Waals surface area contributed by atoms with Crippen LogP contribution in [-0.2, 0) is 0 Å². The number of halogens is 4. The molecule has 0 spiro atoms. The van der Waals surface area contributed by atoms with Crippen LogP contribution < -0.4 is 10.2 Å². The number of rotatable bonds is 6. The quantitative estimate of drug-likeness (QED) is 0.0892. The van der Waals surface area contributed by atoms with Gasteiger partial charge in [-0.25, -0.2) is 10.2 Å². The van der Waals surface area contributed by atoms with Gasteiger partial charge < -0.3 is 9.72 Å². The summed E-state index contributed by atoms with van der Waals surface area (Å²) >= 11 is 25.3. The third kappa shape index (κ3) is 5.65. The number of nitrogens with one attached hydrogen (secondary N) is 2. The van der Waals surface area contributed by atoms with E-state index in [1.807, 2.05) is 6.07 Å². The van der Waals surface area contributed by atoms with Gasteiger partial charge in [-0.1, -0.05) is 88.9 Å². The SMILES string of the molecule is O=C(Oc1ccccc1C=NNC(=O)c1[nH]c2cc(Cl)cc(Cl)c2c1-c1ccccc1Cl)c1ccccc1Cl. The van der Waals surface area contributed by atoms with Gasteiger partial charge in [0.1, 0.15) is 11.4 Å². The van der Waals surface area contributed by atoms with Crippen molar-refractivity contribution in [1.29, 1.82) is 0 Å². The number of benzene rings is 4. The molecule has 0 radical (unpaired) electrons. The Bertz CT molecular complexity index is 1760. The van der Waals surface area contributed by atoms with Crippen LogP contribution in [0.15, 0.2) is 90.0 Å². The minimum atomic E-state index is -0.622. The van der Waals surface area contributed by atoms with Gasteiger partial charge in [-0.2, -0.15) is 5.10 Å². The molecule has 1 heterocycles. The predicted molar refractivity (Wildman–Crippen MR) is 157 cm³/mol. The number of nitrogens with zero attached hydrogens (tertiary/aromatic N) is 1. The zero-order valence-electron chi connectivity index (χ0n) is 19.8. The van der Waals surface area contributed by atoms with Gasteiger partial charge in [-0.15, -0.1) is 0 Å². The second-order valence-electron chi connectivity index (χ2n) is 8.27. The van der Waals surface area contributed by atoms with Crippen LogP contribution in [0.3, 0.4) is 0 Å². The van der Waals surface area contributed by atoms with E-state index in [2.05, 4.69) is 15.5 Å². The Balaban J connectivity index is 1.44. The first-order valence-corrected chi connectivity index (χ1v) is 13.0. The zero-order valence-corrected chi connectivity index (χ0v) is 22.9. The lowest BCUT2D eigenvalue weighted by molar-refractivity contribution is 0.0734. The summed E-state index contributed by atoms with van der Waals surface area (Å²) in [6.45, 7) is 0. The molecule has 0 aliphatic carbocycles. The summed E-state index contributed by atoms with van der Waals surface area (Å²) in [5, 5.41) is 6.17. The fourth-order valence-corrected chi connectivity index (χ4v) is 5.06. The van der Waals surface area contributed by atoms with Gasteiger partial charge in [-0.05, 0) is 42.5 Å². The monoisotopic (exact) mass is 595 g/mol. The fourth-order valence-electron chi connectivity index (χ4n) is 4.03. The van der Waals surface area contributed by atoms with Gasteiger partial charge in [0.25, 0.3) is 5.91 Å². The molecule has 0 bridgehead atoms. The van der Waals surface area contributed by atoms with Crippen LogP contribution in [0.1, 0.15) is 26.4 Å². The Morgan fingerprint density at radius 1 is 0.821 bits per heavy atom. The summed E-state index contributed by atoms with van der Waals surface area (Å²) in [6, 6.07) is 23.7. The highest BCUT2D eigenvalue weighted by Gasteiger charge is 2.23. The van der Waals surface area contributed by atoms with Crippen molar-refractivity contribution >= 4 is 75.4 Å². The number of hydrogen-bond acceptors (Lipinski definition) is 4. The fraction of sp³-hybridized carbons (Fsp3) is 0. The molecule has 194 valence electrons. The van der Waals surface area contributed by atoms with Crippen LogP contribution in [-0.4, -0.2) is 23.1 Å². The van der Waals surface area contributed by atoms with Gasteiger partial charge in [-0.3, -0.25) is 4.79 Å². The number of para-hydroxylation sites is 1. The molecule has 0 saturated carbocycles. The van der Waals surface area contributed by atoms with Crippen molar-refractivity contribution in [3.63, 3.8) is 0 Å². The van der Waals surface area contributed by atoms with E-state index in [1.54, 1.807) is 78.9 Å². The first kappa shape index (κ1) is 26.8. The zero-order chi connectivity index (χ0) is 27.5. The van der Waals surface area contributed by atoms with Crippen molar-refractivity contribution in [1.82, 2.24) is 10.4 Å². The Hall–Kier alpha value is -3.81. The van der Waals surface area contributed by atoms with Crippen LogP contribution >= 0.6 is 46.4 Å². The summed E-state index contributed by atoms with van der Waals surface area (Å²) in [7, 11) is 0. The van der Waals surface area contributed by atoms with Crippen LogP contribution in [0.5, 0.6) is 5.75 Å². The average molecular weight is 597 g/mol. The minimum absolute atomic E-state index is 0.192. The molecule has 6 nitrogen and oxygen atoms in total. The van der Waals surface area contributed by atoms with Crippen molar-refractivity contribution < 1.29 is 14.3 Å². The van der Waals surface area contributed by atoms with Crippen molar-refractivity contribution in [2.75, 3.05) is 0 Å². The number of hydrogen-bond donors (Lipinski definition) is 2. The Morgan fingerprint density at radius 2 is 1.51 bits per heavy atom. The molecule has 1 amide bonds. The molecule has 4 aromatic carbocycles. The van der Waals surface area contributed by atoms with Crippen LogP contribution in [0.2, 0.25) is 20.1 Å². The van der Waals surface area contributed by atoms with Crippen LogP contribution in [0.4, 0.5) is 0 Å². The molecule has 0 fully saturated rings. The van der Waals surface area contributed by atoms with Gasteiger partial charge in [0.2, 0.25) is 0 Å². The molecule has 39 heavy (non-hydrogen) atoms. The van der Waals surface area contributed by atoms with Crippen LogP contribution in [0.25, 0.3) is 22.0 Å². The van der Waals surface area contributed by atoms with Crippen molar-refractivity contribution in [3.8, 4) is 16.9 Å². The highest BCUT2D eigenvalue weighted by molar-refractivity contribution is 6.41. The largest absolute Gasteiger partial charge is 0.422 e. The van der Waals surface area contributed by atoms with E-state index in [1.165, 1.54) is 6.21 Å². The van der Waals surface area contributed by atoms with E-state index in [4.69, 9.17) is 51.1 Å². The smallest absolute Gasteiger partial charge is 0.345 e. The van der Waals surface area contributed by atoms with Crippen molar-refractivity contribution in [2.24, 2.45) is 5.10 Å². The van der Waals surface area contributed by atoms with Crippen molar-refractivity contribution in [3.05, 3.63) is 122 Å². The Kier molecular flexibility index (Phi) is 7.91. The lowest BCUT2D eigenvalue weighted by Crippen LogP contribution is -2.19. The first-order chi connectivity index (χ1) is 18.8. The van der Waals surface area contributed by atoms with Crippen LogP contribution in [0, 0.1) is 0 Å². The molecule has 0 aliphatic rings. The van der Waals surface area contributed by atoms with E-state index >= 15 is 0 Å². The maximum Gasteiger partial charge on any atom is 0.345 e. The number of hydrazone groups is 1. The molecule has 0 unspecified atom stereocenters. The van der Waals surface area contributed by atoms with Gasteiger partial charge in [0, 0.05) is 37.6 Å². The van der Waals surface area contributed by atoms with E-state index in [0.717, 1.165) is 0 Å². The molecule has 2 N–H and O–H groups in total. The molecule has 0 aliphatic heterocycles. The molecule has 0 atom stereocenters. The number of ether oxygens (including phenoxy) is 1.